The van der Waals surface area contributed by atoms with Gasteiger partial charge in [0.1, 0.15) is 4.60 Å². The van der Waals surface area contributed by atoms with Gasteiger partial charge >= 0.3 is 0 Å². The van der Waals surface area contributed by atoms with Crippen molar-refractivity contribution in [3.8, 4) is 0 Å². The third-order valence-corrected chi connectivity index (χ3v) is 2.42. The molecule has 0 radical (unpaired) electrons. The molecule has 0 saturated carbocycles. The minimum Gasteiger partial charge on any atom is -0.324 e. The Kier molecular flexibility index (Phi) is 3.63. The summed E-state index contributed by atoms with van der Waals surface area (Å²) in [6.45, 7) is 5.81. The van der Waals surface area contributed by atoms with Gasteiger partial charge in [-0.25, -0.2) is 4.98 Å². The first-order valence-corrected chi connectivity index (χ1v) is 4.91. The zero-order valence-electron chi connectivity index (χ0n) is 7.63. The molecule has 0 saturated heterocycles. The van der Waals surface area contributed by atoms with Gasteiger partial charge in [0.25, 0.3) is 0 Å². The molecule has 1 aromatic rings. The summed E-state index contributed by atoms with van der Waals surface area (Å²) in [5.74, 6) is 0. The fourth-order valence-corrected chi connectivity index (χ4v) is 1.70. The third-order valence-electron chi connectivity index (χ3n) is 1.76. The number of hydrogen-bond donors (Lipinski definition) is 1. The van der Waals surface area contributed by atoms with Crippen LogP contribution in [0.4, 0.5) is 0 Å². The highest BCUT2D eigenvalue weighted by molar-refractivity contribution is 9.10. The second-order valence-electron chi connectivity index (χ2n) is 3.15. The molecule has 3 heteroatoms. The van der Waals surface area contributed by atoms with Crippen LogP contribution >= 0.6 is 15.9 Å². The first-order chi connectivity index (χ1) is 6.11. The molecule has 0 amide bonds. The summed E-state index contributed by atoms with van der Waals surface area (Å²) in [6, 6.07) is 3.85. The number of aromatic nitrogens is 1. The quantitative estimate of drug-likeness (QED) is 0.652. The van der Waals surface area contributed by atoms with Crippen LogP contribution in [0.5, 0.6) is 0 Å². The van der Waals surface area contributed by atoms with Gasteiger partial charge in [-0.3, -0.25) is 0 Å². The maximum absolute atomic E-state index is 5.97. The number of pyridine rings is 1. The maximum Gasteiger partial charge on any atom is 0.110 e. The number of hydrogen-bond acceptors (Lipinski definition) is 2. The minimum atomic E-state index is -0.0134. The molecule has 0 spiro atoms. The average Bonchev–Trinajstić information content (AvgIpc) is 2.03. The molecule has 1 atom stereocenters. The standard InChI is InChI=1S/C10H13BrN2/c1-7(2)6-9(12)8-4-3-5-13-10(8)11/h3-5,9H,1,6,12H2,2H3/t9-/m1/s1. The van der Waals surface area contributed by atoms with Gasteiger partial charge in [0.2, 0.25) is 0 Å². The van der Waals surface area contributed by atoms with Gasteiger partial charge in [-0.15, -0.1) is 6.58 Å². The number of nitrogens with two attached hydrogens (primary N) is 1. The van der Waals surface area contributed by atoms with E-state index in [0.717, 1.165) is 22.2 Å². The smallest absolute Gasteiger partial charge is 0.110 e. The molecule has 0 aliphatic rings. The lowest BCUT2D eigenvalue weighted by Crippen LogP contribution is -2.11. The third kappa shape index (κ3) is 2.94. The van der Waals surface area contributed by atoms with Crippen LogP contribution in [0.25, 0.3) is 0 Å². The van der Waals surface area contributed by atoms with Crippen molar-refractivity contribution in [1.82, 2.24) is 4.98 Å². The Morgan fingerprint density at radius 2 is 2.46 bits per heavy atom. The molecular formula is C10H13BrN2. The van der Waals surface area contributed by atoms with E-state index in [1.807, 2.05) is 19.1 Å². The lowest BCUT2D eigenvalue weighted by atomic mass is 10.0. The first-order valence-electron chi connectivity index (χ1n) is 4.11. The van der Waals surface area contributed by atoms with Crippen molar-refractivity contribution < 1.29 is 0 Å². The lowest BCUT2D eigenvalue weighted by molar-refractivity contribution is 0.709. The number of halogens is 1. The second kappa shape index (κ2) is 4.53. The molecule has 0 bridgehead atoms. The average molecular weight is 241 g/mol. The highest BCUT2D eigenvalue weighted by Gasteiger charge is 2.09. The van der Waals surface area contributed by atoms with E-state index < -0.39 is 0 Å². The van der Waals surface area contributed by atoms with Crippen molar-refractivity contribution in [3.63, 3.8) is 0 Å². The summed E-state index contributed by atoms with van der Waals surface area (Å²) in [6.07, 6.45) is 2.53. The Bertz CT molecular complexity index is 310. The van der Waals surface area contributed by atoms with Gasteiger partial charge < -0.3 is 5.73 Å². The Morgan fingerprint density at radius 3 is 3.00 bits per heavy atom. The fraction of sp³-hybridized carbons (Fsp3) is 0.300. The Hall–Kier alpha value is -0.670. The molecule has 0 aromatic carbocycles. The van der Waals surface area contributed by atoms with Crippen molar-refractivity contribution in [2.45, 2.75) is 19.4 Å². The van der Waals surface area contributed by atoms with E-state index in [0.29, 0.717) is 0 Å². The van der Waals surface area contributed by atoms with Gasteiger partial charge in [-0.1, -0.05) is 11.6 Å². The Balaban J connectivity index is 2.82. The molecule has 2 nitrogen and oxygen atoms in total. The summed E-state index contributed by atoms with van der Waals surface area (Å²) in [5.41, 5.74) is 8.09. The van der Waals surface area contributed by atoms with E-state index in [1.54, 1.807) is 6.20 Å². The lowest BCUT2D eigenvalue weighted by Gasteiger charge is -2.12. The first kappa shape index (κ1) is 10.4. The molecule has 1 heterocycles. The molecule has 1 aromatic heterocycles. The number of rotatable bonds is 3. The molecule has 0 fully saturated rings. The van der Waals surface area contributed by atoms with E-state index >= 15 is 0 Å². The summed E-state index contributed by atoms with van der Waals surface area (Å²) in [4.78, 5) is 4.11. The van der Waals surface area contributed by atoms with Gasteiger partial charge in [0, 0.05) is 17.8 Å². The fourth-order valence-electron chi connectivity index (χ4n) is 1.16. The van der Waals surface area contributed by atoms with Crippen LogP contribution in [0.3, 0.4) is 0 Å². The van der Waals surface area contributed by atoms with E-state index in [2.05, 4.69) is 27.5 Å². The van der Waals surface area contributed by atoms with E-state index in [9.17, 15) is 0 Å². The van der Waals surface area contributed by atoms with Crippen LogP contribution in [-0.2, 0) is 0 Å². The molecule has 0 unspecified atom stereocenters. The zero-order valence-corrected chi connectivity index (χ0v) is 9.21. The van der Waals surface area contributed by atoms with E-state index in [-0.39, 0.29) is 6.04 Å². The predicted octanol–water partition coefficient (Wildman–Crippen LogP) is 2.81. The van der Waals surface area contributed by atoms with E-state index in [1.165, 1.54) is 0 Å². The second-order valence-corrected chi connectivity index (χ2v) is 3.90. The largest absolute Gasteiger partial charge is 0.324 e. The normalized spacial score (nSPS) is 12.5. The molecular weight excluding hydrogens is 228 g/mol. The topological polar surface area (TPSA) is 38.9 Å². The van der Waals surface area contributed by atoms with Crippen LogP contribution in [-0.4, -0.2) is 4.98 Å². The van der Waals surface area contributed by atoms with Gasteiger partial charge in [0.05, 0.1) is 0 Å². The molecule has 0 aliphatic heterocycles. The molecule has 0 aliphatic carbocycles. The van der Waals surface area contributed by atoms with Crippen molar-refractivity contribution in [1.29, 1.82) is 0 Å². The van der Waals surface area contributed by atoms with Crippen molar-refractivity contribution in [2.24, 2.45) is 5.73 Å². The summed E-state index contributed by atoms with van der Waals surface area (Å²) in [7, 11) is 0. The SMILES string of the molecule is C=C(C)C[C@@H](N)c1cccnc1Br. The van der Waals surface area contributed by atoms with Crippen LogP contribution in [0.1, 0.15) is 24.9 Å². The van der Waals surface area contributed by atoms with Gasteiger partial charge in [-0.05, 0) is 35.3 Å². The van der Waals surface area contributed by atoms with Crippen LogP contribution in [0.2, 0.25) is 0 Å². The van der Waals surface area contributed by atoms with Crippen LogP contribution < -0.4 is 5.73 Å². The highest BCUT2D eigenvalue weighted by Crippen LogP contribution is 2.23. The highest BCUT2D eigenvalue weighted by atomic mass is 79.9. The summed E-state index contributed by atoms with van der Waals surface area (Å²) in [5, 5.41) is 0. The zero-order chi connectivity index (χ0) is 9.84. The summed E-state index contributed by atoms with van der Waals surface area (Å²) < 4.78 is 0.823. The van der Waals surface area contributed by atoms with Gasteiger partial charge in [-0.2, -0.15) is 0 Å². The summed E-state index contributed by atoms with van der Waals surface area (Å²) >= 11 is 3.37. The molecule has 13 heavy (non-hydrogen) atoms. The molecule has 1 rings (SSSR count). The van der Waals surface area contributed by atoms with Crippen molar-refractivity contribution >= 4 is 15.9 Å². The van der Waals surface area contributed by atoms with Crippen LogP contribution in [0, 0.1) is 0 Å². The maximum atomic E-state index is 5.97. The van der Waals surface area contributed by atoms with Crippen molar-refractivity contribution in [2.75, 3.05) is 0 Å². The van der Waals surface area contributed by atoms with Crippen molar-refractivity contribution in [3.05, 3.63) is 40.6 Å². The predicted molar refractivity (Wildman–Crippen MR) is 58.3 cm³/mol. The molecule has 2 N–H and O–H groups in total. The van der Waals surface area contributed by atoms with Crippen LogP contribution in [0.15, 0.2) is 35.1 Å². The monoisotopic (exact) mass is 240 g/mol. The molecule has 70 valence electrons. The Morgan fingerprint density at radius 1 is 1.77 bits per heavy atom. The number of nitrogens with zero attached hydrogens (tertiary/aromatic N) is 1. The minimum absolute atomic E-state index is 0.0134. The van der Waals surface area contributed by atoms with E-state index in [4.69, 9.17) is 5.73 Å². The Labute approximate surface area is 87.0 Å². The van der Waals surface area contributed by atoms with Gasteiger partial charge in [0.15, 0.2) is 0 Å².